The molecular formula is C6H10N2O3. The van der Waals surface area contributed by atoms with Gasteiger partial charge in [0.15, 0.2) is 0 Å². The van der Waals surface area contributed by atoms with Gasteiger partial charge < -0.3 is 14.8 Å². The maximum absolute atomic E-state index is 9.47. The number of carboxylic acids is 1. The van der Waals surface area contributed by atoms with E-state index in [2.05, 4.69) is 14.7 Å². The van der Waals surface area contributed by atoms with Gasteiger partial charge in [-0.05, 0) is 0 Å². The summed E-state index contributed by atoms with van der Waals surface area (Å²) < 4.78 is 4.20. The van der Waals surface area contributed by atoms with Gasteiger partial charge in [0.05, 0.1) is 6.33 Å². The van der Waals surface area contributed by atoms with Crippen LogP contribution < -0.4 is 0 Å². The summed E-state index contributed by atoms with van der Waals surface area (Å²) in [5, 5.41) is 7.79. The maximum Gasteiger partial charge on any atom is 0.329 e. The van der Waals surface area contributed by atoms with E-state index in [1.807, 2.05) is 0 Å². The highest BCUT2D eigenvalue weighted by molar-refractivity contribution is 5.67. The molecule has 2 N–H and O–H groups in total. The summed E-state index contributed by atoms with van der Waals surface area (Å²) in [5.41, 5.74) is 0. The van der Waals surface area contributed by atoms with E-state index in [1.54, 1.807) is 18.7 Å². The number of hydrogen-bond donors (Lipinski definition) is 2. The Bertz CT molecular complexity index is 157. The van der Waals surface area contributed by atoms with Gasteiger partial charge in [0.1, 0.15) is 6.61 Å². The summed E-state index contributed by atoms with van der Waals surface area (Å²) in [6.07, 6.45) is 5.08. The Morgan fingerprint density at radius 1 is 1.82 bits per heavy atom. The van der Waals surface area contributed by atoms with Crippen molar-refractivity contribution < 1.29 is 14.6 Å². The van der Waals surface area contributed by atoms with Crippen molar-refractivity contribution in [2.75, 3.05) is 13.7 Å². The summed E-state index contributed by atoms with van der Waals surface area (Å²) in [6, 6.07) is 0. The molecule has 0 aliphatic heterocycles. The summed E-state index contributed by atoms with van der Waals surface area (Å²) in [5.74, 6) is -0.933. The highest BCUT2D eigenvalue weighted by Crippen LogP contribution is 1.62. The van der Waals surface area contributed by atoms with E-state index in [9.17, 15) is 4.79 Å². The van der Waals surface area contributed by atoms with Crippen molar-refractivity contribution in [2.45, 2.75) is 0 Å². The number of ether oxygens (including phenoxy) is 1. The summed E-state index contributed by atoms with van der Waals surface area (Å²) >= 11 is 0. The molecule has 1 rings (SSSR count). The number of carbonyl (C=O) groups is 1. The number of methoxy groups -OCH3 is 1. The molecule has 1 aromatic rings. The van der Waals surface area contributed by atoms with E-state index in [1.165, 1.54) is 7.11 Å². The summed E-state index contributed by atoms with van der Waals surface area (Å²) in [4.78, 5) is 15.9. The van der Waals surface area contributed by atoms with Gasteiger partial charge >= 0.3 is 5.97 Å². The van der Waals surface area contributed by atoms with Crippen molar-refractivity contribution in [1.29, 1.82) is 0 Å². The highest BCUT2D eigenvalue weighted by Gasteiger charge is 1.87. The minimum atomic E-state index is -0.933. The van der Waals surface area contributed by atoms with Crippen LogP contribution in [0.3, 0.4) is 0 Å². The quantitative estimate of drug-likeness (QED) is 0.641. The highest BCUT2D eigenvalue weighted by atomic mass is 16.5. The first-order valence-corrected chi connectivity index (χ1v) is 2.91. The van der Waals surface area contributed by atoms with E-state index in [0.717, 1.165) is 0 Å². The number of nitrogens with one attached hydrogen (secondary N) is 1. The molecule has 11 heavy (non-hydrogen) atoms. The molecule has 0 radical (unpaired) electrons. The Hall–Kier alpha value is -1.36. The molecular weight excluding hydrogens is 148 g/mol. The lowest BCUT2D eigenvalue weighted by Gasteiger charge is -1.83. The Morgan fingerprint density at radius 3 is 2.64 bits per heavy atom. The van der Waals surface area contributed by atoms with Crippen LogP contribution in [-0.2, 0) is 9.53 Å². The van der Waals surface area contributed by atoms with Crippen LogP contribution in [-0.4, -0.2) is 34.8 Å². The van der Waals surface area contributed by atoms with Crippen LogP contribution in [0.5, 0.6) is 0 Å². The number of imidazole rings is 1. The molecule has 0 bridgehead atoms. The second-order valence-corrected chi connectivity index (χ2v) is 1.59. The number of nitrogens with zero attached hydrogens (tertiary/aromatic N) is 1. The van der Waals surface area contributed by atoms with Gasteiger partial charge in [-0.1, -0.05) is 0 Å². The number of carboxylic acid groups (broad SMARTS) is 1. The fraction of sp³-hybridized carbons (Fsp3) is 0.333. The van der Waals surface area contributed by atoms with Gasteiger partial charge in [0, 0.05) is 19.5 Å². The fourth-order valence-electron chi connectivity index (χ4n) is 0.339. The second kappa shape index (κ2) is 6.76. The van der Waals surface area contributed by atoms with Gasteiger partial charge in [-0.2, -0.15) is 0 Å². The standard InChI is InChI=1S/C3H4N2.C3H6O3/c1-2-5-3-4-1;1-6-2-3(4)5/h1-3H,(H,4,5);2H2,1H3,(H,4,5). The van der Waals surface area contributed by atoms with E-state index in [0.29, 0.717) is 0 Å². The molecule has 0 aromatic carbocycles. The average Bonchev–Trinajstić information content (AvgIpc) is 2.41. The number of H-pyrrole nitrogens is 1. The molecule has 0 amide bonds. The van der Waals surface area contributed by atoms with E-state index < -0.39 is 5.97 Å². The van der Waals surface area contributed by atoms with Crippen molar-refractivity contribution >= 4 is 5.97 Å². The predicted molar refractivity (Wildman–Crippen MR) is 38.1 cm³/mol. The predicted octanol–water partition coefficient (Wildman–Crippen LogP) is 0.127. The van der Waals surface area contributed by atoms with Crippen LogP contribution in [0.25, 0.3) is 0 Å². The summed E-state index contributed by atoms with van der Waals surface area (Å²) in [6.45, 7) is -0.208. The number of aliphatic carboxylic acids is 1. The van der Waals surface area contributed by atoms with Crippen molar-refractivity contribution in [3.05, 3.63) is 18.7 Å². The molecule has 1 aromatic heterocycles. The molecule has 0 unspecified atom stereocenters. The largest absolute Gasteiger partial charge is 0.480 e. The van der Waals surface area contributed by atoms with Crippen LogP contribution in [0.4, 0.5) is 0 Å². The molecule has 0 saturated heterocycles. The zero-order valence-electron chi connectivity index (χ0n) is 6.15. The lowest BCUT2D eigenvalue weighted by Crippen LogP contribution is -2.02. The lowest BCUT2D eigenvalue weighted by molar-refractivity contribution is -0.141. The minimum absolute atomic E-state index is 0.208. The number of aromatic amines is 1. The third-order valence-electron chi connectivity index (χ3n) is 0.674. The molecule has 0 spiro atoms. The van der Waals surface area contributed by atoms with Gasteiger partial charge in [-0.15, -0.1) is 0 Å². The zero-order chi connectivity index (χ0) is 8.53. The molecule has 62 valence electrons. The Morgan fingerprint density at radius 2 is 2.55 bits per heavy atom. The lowest BCUT2D eigenvalue weighted by atomic mass is 10.8. The first-order valence-electron chi connectivity index (χ1n) is 2.91. The van der Waals surface area contributed by atoms with Crippen molar-refractivity contribution in [1.82, 2.24) is 9.97 Å². The number of aromatic nitrogens is 2. The molecule has 5 nitrogen and oxygen atoms in total. The Kier molecular flexibility index (Phi) is 5.92. The van der Waals surface area contributed by atoms with Crippen molar-refractivity contribution in [3.63, 3.8) is 0 Å². The summed E-state index contributed by atoms with van der Waals surface area (Å²) in [7, 11) is 1.34. The van der Waals surface area contributed by atoms with Gasteiger partial charge in [-0.25, -0.2) is 9.78 Å². The van der Waals surface area contributed by atoms with E-state index >= 15 is 0 Å². The molecule has 0 saturated carbocycles. The van der Waals surface area contributed by atoms with Crippen molar-refractivity contribution in [3.8, 4) is 0 Å². The van der Waals surface area contributed by atoms with Crippen LogP contribution in [0.15, 0.2) is 18.7 Å². The Labute approximate surface area is 64.0 Å². The third kappa shape index (κ3) is 8.64. The van der Waals surface area contributed by atoms with Gasteiger partial charge in [0.25, 0.3) is 0 Å². The Balaban J connectivity index is 0.000000183. The van der Waals surface area contributed by atoms with Gasteiger partial charge in [0.2, 0.25) is 0 Å². The topological polar surface area (TPSA) is 75.2 Å². The third-order valence-corrected chi connectivity index (χ3v) is 0.674. The molecule has 0 atom stereocenters. The zero-order valence-corrected chi connectivity index (χ0v) is 6.15. The molecule has 1 heterocycles. The number of hydrogen-bond acceptors (Lipinski definition) is 3. The van der Waals surface area contributed by atoms with Gasteiger partial charge in [-0.3, -0.25) is 0 Å². The van der Waals surface area contributed by atoms with Crippen molar-refractivity contribution in [2.24, 2.45) is 0 Å². The number of rotatable bonds is 2. The molecule has 5 heteroatoms. The fourth-order valence-corrected chi connectivity index (χ4v) is 0.339. The maximum atomic E-state index is 9.47. The van der Waals surface area contributed by atoms with Crippen LogP contribution in [0, 0.1) is 0 Å². The van der Waals surface area contributed by atoms with E-state index in [4.69, 9.17) is 5.11 Å². The van der Waals surface area contributed by atoms with Crippen LogP contribution in [0.2, 0.25) is 0 Å². The minimum Gasteiger partial charge on any atom is -0.480 e. The van der Waals surface area contributed by atoms with E-state index in [-0.39, 0.29) is 6.61 Å². The first kappa shape index (κ1) is 9.64. The SMILES string of the molecule is COCC(=O)O.c1c[nH]cn1. The smallest absolute Gasteiger partial charge is 0.329 e. The second-order valence-electron chi connectivity index (χ2n) is 1.59. The van der Waals surface area contributed by atoms with Crippen LogP contribution in [0.1, 0.15) is 0 Å². The first-order chi connectivity index (χ1) is 5.27. The molecule has 0 aliphatic carbocycles. The average molecular weight is 158 g/mol. The van der Waals surface area contributed by atoms with Crippen LogP contribution >= 0.6 is 0 Å². The molecule has 0 fully saturated rings. The normalized spacial score (nSPS) is 8.09. The molecule has 0 aliphatic rings. The monoisotopic (exact) mass is 158 g/mol.